The zero-order valence-corrected chi connectivity index (χ0v) is 19.7. The van der Waals surface area contributed by atoms with Gasteiger partial charge < -0.3 is 10.6 Å². The molecule has 2 aromatic carbocycles. The van der Waals surface area contributed by atoms with Crippen molar-refractivity contribution in [2.24, 2.45) is 4.99 Å². The van der Waals surface area contributed by atoms with Gasteiger partial charge in [-0.3, -0.25) is 19.6 Å². The molecule has 2 amide bonds. The third kappa shape index (κ3) is 6.03. The summed E-state index contributed by atoms with van der Waals surface area (Å²) >= 11 is 0. The van der Waals surface area contributed by atoms with Gasteiger partial charge in [-0.25, -0.2) is 4.98 Å². The number of carbonyl (C=O) groups is 2. The van der Waals surface area contributed by atoms with Gasteiger partial charge in [-0.1, -0.05) is 30.3 Å². The van der Waals surface area contributed by atoms with E-state index in [1.807, 2.05) is 68.5 Å². The first kappa shape index (κ1) is 23.5. The van der Waals surface area contributed by atoms with Crippen molar-refractivity contribution in [3.8, 4) is 0 Å². The smallest absolute Gasteiger partial charge is 0.274 e. The molecule has 0 aliphatic carbocycles. The second-order valence-corrected chi connectivity index (χ2v) is 8.00. The summed E-state index contributed by atoms with van der Waals surface area (Å²) in [4.78, 5) is 38.4. The van der Waals surface area contributed by atoms with Crippen molar-refractivity contribution in [1.82, 2.24) is 9.97 Å². The second-order valence-electron chi connectivity index (χ2n) is 8.00. The maximum absolute atomic E-state index is 12.8. The summed E-state index contributed by atoms with van der Waals surface area (Å²) < 4.78 is 0. The molecule has 7 nitrogen and oxygen atoms in total. The van der Waals surface area contributed by atoms with Gasteiger partial charge in [0.2, 0.25) is 0 Å². The number of aryl methyl sites for hydroxylation is 1. The van der Waals surface area contributed by atoms with E-state index in [2.05, 4.69) is 25.6 Å². The standard InChI is InChI=1S/C28H25N5O2/c1-18(29-3)10-12-20-6-4-7-22(16-20)31-27(34)25-8-5-9-26(33-25)28(35)32-23-14-15-24-21(17-23)13-11-19(2)30-24/h4-17H,1-3H3,(H,31,34)(H,32,35)/b12-10-,29-18?. The minimum Gasteiger partial charge on any atom is -0.321 e. The van der Waals surface area contributed by atoms with E-state index in [-0.39, 0.29) is 11.4 Å². The fourth-order valence-corrected chi connectivity index (χ4v) is 3.39. The summed E-state index contributed by atoms with van der Waals surface area (Å²) in [5, 5.41) is 6.59. The topological polar surface area (TPSA) is 96.3 Å². The minimum absolute atomic E-state index is 0.144. The number of hydrogen-bond acceptors (Lipinski definition) is 5. The number of benzene rings is 2. The number of nitrogens with zero attached hydrogens (tertiary/aromatic N) is 3. The van der Waals surface area contributed by atoms with Gasteiger partial charge in [0, 0.05) is 35.2 Å². The van der Waals surface area contributed by atoms with Crippen LogP contribution in [0.15, 0.2) is 83.9 Å². The van der Waals surface area contributed by atoms with Crippen molar-refractivity contribution in [3.05, 3.63) is 102 Å². The number of carbonyl (C=O) groups excluding carboxylic acids is 2. The molecule has 0 fully saturated rings. The number of nitrogens with one attached hydrogen (secondary N) is 2. The van der Waals surface area contributed by atoms with Crippen molar-refractivity contribution >= 4 is 45.9 Å². The van der Waals surface area contributed by atoms with E-state index in [1.165, 1.54) is 0 Å². The number of anilines is 2. The molecule has 35 heavy (non-hydrogen) atoms. The largest absolute Gasteiger partial charge is 0.321 e. The molecule has 0 unspecified atom stereocenters. The predicted octanol–water partition coefficient (Wildman–Crippen LogP) is 5.55. The van der Waals surface area contributed by atoms with Crippen molar-refractivity contribution in [2.75, 3.05) is 17.7 Å². The third-order valence-electron chi connectivity index (χ3n) is 5.31. The van der Waals surface area contributed by atoms with Crippen molar-refractivity contribution in [1.29, 1.82) is 0 Å². The van der Waals surface area contributed by atoms with Crippen molar-refractivity contribution < 1.29 is 9.59 Å². The number of fused-ring (bicyclic) bond motifs is 1. The zero-order chi connectivity index (χ0) is 24.8. The van der Waals surface area contributed by atoms with Crippen LogP contribution < -0.4 is 10.6 Å². The van der Waals surface area contributed by atoms with Crippen LogP contribution in [0, 0.1) is 6.92 Å². The Balaban J connectivity index is 1.46. The number of allylic oxidation sites excluding steroid dienone is 1. The average molecular weight is 464 g/mol. The molecule has 0 atom stereocenters. The summed E-state index contributed by atoms with van der Waals surface area (Å²) in [6.07, 6.45) is 3.82. The van der Waals surface area contributed by atoms with Gasteiger partial charge in [0.15, 0.2) is 0 Å². The highest BCUT2D eigenvalue weighted by Crippen LogP contribution is 2.19. The third-order valence-corrected chi connectivity index (χ3v) is 5.31. The zero-order valence-electron chi connectivity index (χ0n) is 19.7. The molecule has 4 rings (SSSR count). The molecule has 0 aliphatic rings. The molecule has 4 aromatic rings. The van der Waals surface area contributed by atoms with Gasteiger partial charge in [0.1, 0.15) is 11.4 Å². The van der Waals surface area contributed by atoms with E-state index in [1.54, 1.807) is 37.4 Å². The average Bonchev–Trinajstić information content (AvgIpc) is 2.87. The number of rotatable bonds is 6. The van der Waals surface area contributed by atoms with Gasteiger partial charge in [0.25, 0.3) is 11.8 Å². The van der Waals surface area contributed by atoms with Crippen LogP contribution in [-0.4, -0.2) is 34.5 Å². The van der Waals surface area contributed by atoms with E-state index in [0.29, 0.717) is 11.4 Å². The molecular formula is C28H25N5O2. The van der Waals surface area contributed by atoms with E-state index < -0.39 is 11.8 Å². The van der Waals surface area contributed by atoms with Crippen molar-refractivity contribution in [3.63, 3.8) is 0 Å². The summed E-state index contributed by atoms with van der Waals surface area (Å²) in [5.41, 5.74) is 5.14. The van der Waals surface area contributed by atoms with Crippen molar-refractivity contribution in [2.45, 2.75) is 13.8 Å². The summed E-state index contributed by atoms with van der Waals surface area (Å²) in [6, 6.07) is 21.6. The lowest BCUT2D eigenvalue weighted by Gasteiger charge is -2.09. The lowest BCUT2D eigenvalue weighted by Crippen LogP contribution is -2.18. The molecule has 174 valence electrons. The molecule has 0 radical (unpaired) electrons. The van der Waals surface area contributed by atoms with Gasteiger partial charge >= 0.3 is 0 Å². The Kier molecular flexibility index (Phi) is 7.07. The second kappa shape index (κ2) is 10.5. The Bertz CT molecular complexity index is 1470. The Morgan fingerprint density at radius 3 is 2.23 bits per heavy atom. The SMILES string of the molecule is CN=C(C)/C=C\c1cccc(NC(=O)c2cccc(C(=O)Nc3ccc4nc(C)ccc4c3)n2)c1. The summed E-state index contributed by atoms with van der Waals surface area (Å²) in [5.74, 6) is -0.807. The molecule has 2 heterocycles. The van der Waals surface area contributed by atoms with E-state index in [4.69, 9.17) is 0 Å². The monoisotopic (exact) mass is 463 g/mol. The Labute approximate surface area is 203 Å². The molecule has 0 bridgehead atoms. The van der Waals surface area contributed by atoms with Crippen LogP contribution in [0.3, 0.4) is 0 Å². The molecular weight excluding hydrogens is 438 g/mol. The van der Waals surface area contributed by atoms with Crippen LogP contribution in [0.25, 0.3) is 17.0 Å². The minimum atomic E-state index is -0.404. The first-order valence-corrected chi connectivity index (χ1v) is 11.1. The van der Waals surface area contributed by atoms with Gasteiger partial charge in [0.05, 0.1) is 5.52 Å². The maximum Gasteiger partial charge on any atom is 0.274 e. The highest BCUT2D eigenvalue weighted by atomic mass is 16.2. The fraction of sp³-hybridized carbons (Fsp3) is 0.107. The molecule has 2 N–H and O–H groups in total. The highest BCUT2D eigenvalue weighted by molar-refractivity contribution is 6.06. The maximum atomic E-state index is 12.8. The van der Waals surface area contributed by atoms with Crippen LogP contribution in [0.4, 0.5) is 11.4 Å². The van der Waals surface area contributed by atoms with E-state index >= 15 is 0 Å². The first-order chi connectivity index (χ1) is 16.9. The number of hydrogen-bond donors (Lipinski definition) is 2. The van der Waals surface area contributed by atoms with Crippen LogP contribution in [0.1, 0.15) is 39.2 Å². The van der Waals surface area contributed by atoms with Gasteiger partial charge in [-0.05, 0) is 74.0 Å². The lowest BCUT2D eigenvalue weighted by atomic mass is 10.1. The fourth-order valence-electron chi connectivity index (χ4n) is 3.39. The number of aromatic nitrogens is 2. The van der Waals surface area contributed by atoms with E-state index in [9.17, 15) is 9.59 Å². The molecule has 0 spiro atoms. The molecule has 0 aliphatic heterocycles. The van der Waals surface area contributed by atoms with Crippen LogP contribution >= 0.6 is 0 Å². The molecule has 0 saturated heterocycles. The number of amides is 2. The van der Waals surface area contributed by atoms with E-state index in [0.717, 1.165) is 27.9 Å². The van der Waals surface area contributed by atoms with Crippen LogP contribution in [-0.2, 0) is 0 Å². The molecule has 2 aromatic heterocycles. The normalized spacial score (nSPS) is 11.6. The predicted molar refractivity (Wildman–Crippen MR) is 141 cm³/mol. The van der Waals surface area contributed by atoms with Crippen LogP contribution in [0.2, 0.25) is 0 Å². The first-order valence-electron chi connectivity index (χ1n) is 11.1. The highest BCUT2D eigenvalue weighted by Gasteiger charge is 2.13. The quantitative estimate of drug-likeness (QED) is 0.367. The van der Waals surface area contributed by atoms with Gasteiger partial charge in [-0.15, -0.1) is 0 Å². The Morgan fingerprint density at radius 2 is 1.51 bits per heavy atom. The summed E-state index contributed by atoms with van der Waals surface area (Å²) in [7, 11) is 1.73. The Morgan fingerprint density at radius 1 is 0.829 bits per heavy atom. The Hall–Kier alpha value is -4.65. The molecule has 0 saturated carbocycles. The number of pyridine rings is 2. The lowest BCUT2D eigenvalue weighted by molar-refractivity contribution is 0.101. The number of aliphatic imine (C=N–C) groups is 1. The molecule has 7 heteroatoms. The van der Waals surface area contributed by atoms with Crippen LogP contribution in [0.5, 0.6) is 0 Å². The summed E-state index contributed by atoms with van der Waals surface area (Å²) in [6.45, 7) is 3.84. The van der Waals surface area contributed by atoms with Gasteiger partial charge in [-0.2, -0.15) is 0 Å².